The summed E-state index contributed by atoms with van der Waals surface area (Å²) in [4.78, 5) is 23.6. The zero-order chi connectivity index (χ0) is 17.5. The van der Waals surface area contributed by atoms with E-state index in [2.05, 4.69) is 5.32 Å². The summed E-state index contributed by atoms with van der Waals surface area (Å²) >= 11 is 0. The van der Waals surface area contributed by atoms with E-state index in [4.69, 9.17) is 5.73 Å². The molecule has 1 atom stereocenters. The molecule has 0 saturated heterocycles. The van der Waals surface area contributed by atoms with E-state index >= 15 is 0 Å². The van der Waals surface area contributed by atoms with Crippen LogP contribution in [-0.2, 0) is 16.0 Å². The second-order valence-corrected chi connectivity index (χ2v) is 6.55. The maximum Gasteiger partial charge on any atom is 0.240 e. The normalized spacial score (nSPS) is 16.6. The minimum Gasteiger partial charge on any atom is -0.368 e. The minimum atomic E-state index is -0.968. The Kier molecular flexibility index (Phi) is 6.70. The van der Waals surface area contributed by atoms with Crippen molar-refractivity contribution in [3.8, 4) is 0 Å². The highest BCUT2D eigenvalue weighted by Gasteiger charge is 2.21. The third kappa shape index (κ3) is 5.91. The van der Waals surface area contributed by atoms with Gasteiger partial charge in [0.15, 0.2) is 0 Å². The fourth-order valence-electron chi connectivity index (χ4n) is 3.26. The molecule has 24 heavy (non-hydrogen) atoms. The molecule has 0 bridgehead atoms. The largest absolute Gasteiger partial charge is 0.368 e. The predicted molar refractivity (Wildman–Crippen MR) is 87.0 cm³/mol. The number of hydrogen-bond acceptors (Lipinski definition) is 2. The van der Waals surface area contributed by atoms with Crippen molar-refractivity contribution in [1.29, 1.82) is 0 Å². The molecule has 0 aromatic heterocycles. The molecule has 0 radical (unpaired) electrons. The minimum absolute atomic E-state index is 0.0286. The van der Waals surface area contributed by atoms with Gasteiger partial charge in [-0.2, -0.15) is 0 Å². The van der Waals surface area contributed by atoms with Gasteiger partial charge in [-0.05, 0) is 30.0 Å². The molecular weight excluding hydrogens is 314 g/mol. The average molecular weight is 338 g/mol. The van der Waals surface area contributed by atoms with Crippen LogP contribution in [-0.4, -0.2) is 17.9 Å². The van der Waals surface area contributed by atoms with Crippen LogP contribution in [0.2, 0.25) is 0 Å². The average Bonchev–Trinajstić information content (AvgIpc) is 2.52. The quantitative estimate of drug-likeness (QED) is 0.802. The van der Waals surface area contributed by atoms with Gasteiger partial charge < -0.3 is 11.1 Å². The molecule has 1 aromatic rings. The van der Waals surface area contributed by atoms with Crippen LogP contribution in [0.1, 0.15) is 50.5 Å². The summed E-state index contributed by atoms with van der Waals surface area (Å²) in [5.41, 5.74) is 5.59. The van der Waals surface area contributed by atoms with E-state index in [0.29, 0.717) is 12.3 Å². The van der Waals surface area contributed by atoms with Gasteiger partial charge >= 0.3 is 0 Å². The first kappa shape index (κ1) is 18.4. The lowest BCUT2D eigenvalue weighted by molar-refractivity contribution is -0.127. The Morgan fingerprint density at radius 2 is 1.75 bits per heavy atom. The number of amides is 2. The van der Waals surface area contributed by atoms with Gasteiger partial charge in [0.05, 0.1) is 0 Å². The van der Waals surface area contributed by atoms with Crippen LogP contribution in [0.15, 0.2) is 18.2 Å². The first-order valence-electron chi connectivity index (χ1n) is 8.47. The molecule has 0 unspecified atom stereocenters. The van der Waals surface area contributed by atoms with Crippen LogP contribution in [0.25, 0.3) is 0 Å². The number of halogens is 2. The molecule has 1 saturated carbocycles. The number of benzene rings is 1. The van der Waals surface area contributed by atoms with Gasteiger partial charge in [0.1, 0.15) is 17.7 Å². The van der Waals surface area contributed by atoms with E-state index in [1.807, 2.05) is 0 Å². The number of primary amides is 1. The molecule has 3 N–H and O–H groups in total. The molecular formula is C18H24F2N2O2. The molecule has 2 amide bonds. The first-order valence-corrected chi connectivity index (χ1v) is 8.47. The number of hydrogen-bond donors (Lipinski definition) is 2. The Morgan fingerprint density at radius 3 is 2.33 bits per heavy atom. The molecule has 6 heteroatoms. The lowest BCUT2D eigenvalue weighted by atomic mass is 9.86. The van der Waals surface area contributed by atoms with Crippen LogP contribution in [0.5, 0.6) is 0 Å². The van der Waals surface area contributed by atoms with Gasteiger partial charge in [-0.1, -0.05) is 32.1 Å². The number of nitrogens with two attached hydrogens (primary N) is 1. The van der Waals surface area contributed by atoms with E-state index in [0.717, 1.165) is 37.5 Å². The number of rotatable bonds is 7. The van der Waals surface area contributed by atoms with E-state index in [1.165, 1.54) is 19.3 Å². The van der Waals surface area contributed by atoms with E-state index < -0.39 is 23.6 Å². The Balaban J connectivity index is 1.87. The maximum atomic E-state index is 13.2. The Morgan fingerprint density at radius 1 is 1.12 bits per heavy atom. The van der Waals surface area contributed by atoms with Crippen LogP contribution in [0, 0.1) is 17.6 Å². The lowest BCUT2D eigenvalue weighted by Gasteiger charge is -2.22. The molecule has 0 spiro atoms. The second-order valence-electron chi connectivity index (χ2n) is 6.55. The van der Waals surface area contributed by atoms with Crippen molar-refractivity contribution in [3.63, 3.8) is 0 Å². The lowest BCUT2D eigenvalue weighted by Crippen LogP contribution is -2.45. The highest BCUT2D eigenvalue weighted by Crippen LogP contribution is 2.27. The van der Waals surface area contributed by atoms with Crippen molar-refractivity contribution >= 4 is 11.8 Å². The van der Waals surface area contributed by atoms with Gasteiger partial charge in [-0.15, -0.1) is 0 Å². The monoisotopic (exact) mass is 338 g/mol. The van der Waals surface area contributed by atoms with Crippen molar-refractivity contribution in [2.45, 2.75) is 57.4 Å². The predicted octanol–water partition coefficient (Wildman–Crippen LogP) is 2.84. The third-order valence-electron chi connectivity index (χ3n) is 4.55. The molecule has 2 rings (SSSR count). The van der Waals surface area contributed by atoms with Crippen LogP contribution < -0.4 is 11.1 Å². The SMILES string of the molecule is NC(=O)[C@@H](Cc1cc(F)cc(F)c1)NC(=O)CCC1CCCCC1. The fraction of sp³-hybridized carbons (Fsp3) is 0.556. The first-order chi connectivity index (χ1) is 11.4. The van der Waals surface area contributed by atoms with Crippen molar-refractivity contribution < 1.29 is 18.4 Å². The standard InChI is InChI=1S/C18H24F2N2O2/c19-14-8-13(9-15(20)11-14)10-16(18(21)24)22-17(23)7-6-12-4-2-1-3-5-12/h8-9,11-12,16H,1-7,10H2,(H2,21,24)(H,22,23)/t16-/m1/s1. The third-order valence-corrected chi connectivity index (χ3v) is 4.55. The Hall–Kier alpha value is -1.98. The van der Waals surface area contributed by atoms with Gasteiger partial charge in [-0.3, -0.25) is 9.59 Å². The molecule has 0 heterocycles. The Labute approximate surface area is 140 Å². The summed E-state index contributed by atoms with van der Waals surface area (Å²) < 4.78 is 26.5. The molecule has 1 aliphatic carbocycles. The molecule has 4 nitrogen and oxygen atoms in total. The highest BCUT2D eigenvalue weighted by molar-refractivity contribution is 5.86. The fourth-order valence-corrected chi connectivity index (χ4v) is 3.26. The zero-order valence-corrected chi connectivity index (χ0v) is 13.7. The Bertz CT molecular complexity index is 566. The van der Waals surface area contributed by atoms with Crippen molar-refractivity contribution in [2.75, 3.05) is 0 Å². The van der Waals surface area contributed by atoms with E-state index in [-0.39, 0.29) is 17.9 Å². The zero-order valence-electron chi connectivity index (χ0n) is 13.7. The summed E-state index contributed by atoms with van der Waals surface area (Å²) in [5, 5.41) is 2.59. The maximum absolute atomic E-state index is 13.2. The second kappa shape index (κ2) is 8.76. The van der Waals surface area contributed by atoms with Gasteiger partial charge in [0.25, 0.3) is 0 Å². The van der Waals surface area contributed by atoms with Gasteiger partial charge in [0.2, 0.25) is 11.8 Å². The van der Waals surface area contributed by atoms with E-state index in [1.54, 1.807) is 0 Å². The number of nitrogens with one attached hydrogen (secondary N) is 1. The van der Waals surface area contributed by atoms with Crippen LogP contribution >= 0.6 is 0 Å². The number of carbonyl (C=O) groups excluding carboxylic acids is 2. The molecule has 132 valence electrons. The van der Waals surface area contributed by atoms with Crippen LogP contribution in [0.4, 0.5) is 8.78 Å². The summed E-state index contributed by atoms with van der Waals surface area (Å²) in [6.45, 7) is 0. The molecule has 1 aliphatic rings. The highest BCUT2D eigenvalue weighted by atomic mass is 19.1. The summed E-state index contributed by atoms with van der Waals surface area (Å²) in [5.74, 6) is -1.85. The molecule has 1 aromatic carbocycles. The number of carbonyl (C=O) groups is 2. The molecule has 0 aliphatic heterocycles. The van der Waals surface area contributed by atoms with Crippen molar-refractivity contribution in [1.82, 2.24) is 5.32 Å². The summed E-state index contributed by atoms with van der Waals surface area (Å²) in [6.07, 6.45) is 7.08. The molecule has 1 fully saturated rings. The van der Waals surface area contributed by atoms with E-state index in [9.17, 15) is 18.4 Å². The smallest absolute Gasteiger partial charge is 0.240 e. The van der Waals surface area contributed by atoms with Gasteiger partial charge in [-0.25, -0.2) is 8.78 Å². The van der Waals surface area contributed by atoms with Gasteiger partial charge in [0, 0.05) is 18.9 Å². The topological polar surface area (TPSA) is 72.2 Å². The summed E-state index contributed by atoms with van der Waals surface area (Å²) in [7, 11) is 0. The summed E-state index contributed by atoms with van der Waals surface area (Å²) in [6, 6.07) is 2.05. The van der Waals surface area contributed by atoms with Crippen molar-refractivity contribution in [2.24, 2.45) is 11.7 Å². The van der Waals surface area contributed by atoms with Crippen molar-refractivity contribution in [3.05, 3.63) is 35.4 Å². The van der Waals surface area contributed by atoms with Crippen LogP contribution in [0.3, 0.4) is 0 Å².